The van der Waals surface area contributed by atoms with Crippen LogP contribution in [0.1, 0.15) is 30.4 Å². The molecule has 1 saturated carbocycles. The maximum atomic E-state index is 14.1. The molecule has 0 aromatic heterocycles. The van der Waals surface area contributed by atoms with Gasteiger partial charge in [-0.05, 0) is 48.6 Å². The predicted molar refractivity (Wildman–Crippen MR) is 130 cm³/mol. The number of carbonyl (C=O) groups is 3. The van der Waals surface area contributed by atoms with E-state index in [4.69, 9.17) is 5.73 Å². The van der Waals surface area contributed by atoms with Crippen LogP contribution in [-0.2, 0) is 21.7 Å². The van der Waals surface area contributed by atoms with Crippen LogP contribution < -0.4 is 16.0 Å². The van der Waals surface area contributed by atoms with Crippen molar-refractivity contribution in [2.75, 3.05) is 30.8 Å². The highest BCUT2D eigenvalue weighted by atomic mass is 19.4. The van der Waals surface area contributed by atoms with Crippen LogP contribution in [0.5, 0.6) is 0 Å². The number of urea groups is 1. The van der Waals surface area contributed by atoms with Gasteiger partial charge >= 0.3 is 12.2 Å². The summed E-state index contributed by atoms with van der Waals surface area (Å²) in [5.41, 5.74) is 6.37. The Hall–Kier alpha value is -3.83. The second-order valence-corrected chi connectivity index (χ2v) is 10.1. The number of nitrogen functional groups attached to an aromatic ring is 1. The molecule has 12 heteroatoms. The molecule has 0 radical (unpaired) electrons. The monoisotopic (exact) mass is 533 g/mol. The van der Waals surface area contributed by atoms with Crippen LogP contribution in [0.3, 0.4) is 0 Å². The summed E-state index contributed by atoms with van der Waals surface area (Å²) < 4.78 is 55.8. The van der Waals surface area contributed by atoms with E-state index in [2.05, 4.69) is 5.32 Å². The standard InChI is InChI=1S/C26H27F4N5O3/c1-33-11-10-25(19-9-8-18(31)12-20(19)33)23(37)35(24(38)32-25)14-21(36)34(13-15-2-6-17(27)7-3-15)22(16-4-5-16)26(28,29)30/h2-3,6-9,12,16,22H,4-5,10-11,13-14,31H2,1H3,(H,32,38)/t22-,25?/m0/s1. The van der Waals surface area contributed by atoms with Crippen molar-refractivity contribution in [1.29, 1.82) is 0 Å². The number of rotatable bonds is 6. The van der Waals surface area contributed by atoms with Gasteiger partial charge in [0.25, 0.3) is 5.91 Å². The lowest BCUT2D eigenvalue weighted by Crippen LogP contribution is -2.53. The smallest absolute Gasteiger partial charge is 0.399 e. The summed E-state index contributed by atoms with van der Waals surface area (Å²) in [6.07, 6.45) is -3.90. The third-order valence-corrected chi connectivity index (χ3v) is 7.51. The molecule has 4 amide bonds. The van der Waals surface area contributed by atoms with Crippen LogP contribution in [0.25, 0.3) is 0 Å². The first kappa shape index (κ1) is 25.8. The van der Waals surface area contributed by atoms with Crippen molar-refractivity contribution in [2.45, 2.75) is 43.6 Å². The minimum Gasteiger partial charge on any atom is -0.399 e. The van der Waals surface area contributed by atoms with Crippen molar-refractivity contribution in [3.8, 4) is 0 Å². The predicted octanol–water partition coefficient (Wildman–Crippen LogP) is 3.36. The molecule has 1 unspecified atom stereocenters. The highest BCUT2D eigenvalue weighted by molar-refractivity contribution is 6.10. The minimum absolute atomic E-state index is 0.211. The maximum absolute atomic E-state index is 14.1. The molecule has 1 saturated heterocycles. The quantitative estimate of drug-likeness (QED) is 0.337. The van der Waals surface area contributed by atoms with Crippen molar-refractivity contribution < 1.29 is 31.9 Å². The van der Waals surface area contributed by atoms with Gasteiger partial charge in [0.2, 0.25) is 5.91 Å². The lowest BCUT2D eigenvalue weighted by molar-refractivity contribution is -0.196. The third kappa shape index (κ3) is 4.52. The van der Waals surface area contributed by atoms with E-state index < -0.39 is 60.4 Å². The molecule has 3 aliphatic rings. The number of amides is 4. The Morgan fingerprint density at radius 3 is 2.50 bits per heavy atom. The number of imide groups is 1. The number of benzene rings is 2. The van der Waals surface area contributed by atoms with Gasteiger partial charge in [-0.15, -0.1) is 0 Å². The molecule has 2 atom stereocenters. The zero-order valence-corrected chi connectivity index (χ0v) is 20.6. The normalized spacial score (nSPS) is 21.9. The highest BCUT2D eigenvalue weighted by Gasteiger charge is 2.57. The fraction of sp³-hybridized carbons (Fsp3) is 0.423. The average Bonchev–Trinajstić information content (AvgIpc) is 3.65. The lowest BCUT2D eigenvalue weighted by atomic mass is 9.82. The van der Waals surface area contributed by atoms with E-state index in [1.54, 1.807) is 18.2 Å². The maximum Gasteiger partial charge on any atom is 0.409 e. The summed E-state index contributed by atoms with van der Waals surface area (Å²) in [5, 5.41) is 2.70. The molecule has 38 heavy (non-hydrogen) atoms. The number of nitrogens with one attached hydrogen (secondary N) is 1. The van der Waals surface area contributed by atoms with E-state index in [0.29, 0.717) is 51.7 Å². The molecule has 5 rings (SSSR count). The third-order valence-electron chi connectivity index (χ3n) is 7.51. The SMILES string of the molecule is CN1CCC2(NC(=O)N(CC(=O)N(Cc3ccc(F)cc3)[C@@H](C3CC3)C(F)(F)F)C2=O)c2ccc(N)cc21. The van der Waals surface area contributed by atoms with Gasteiger partial charge in [-0.3, -0.25) is 14.5 Å². The summed E-state index contributed by atoms with van der Waals surface area (Å²) in [4.78, 5) is 43.4. The van der Waals surface area contributed by atoms with Crippen molar-refractivity contribution in [2.24, 2.45) is 5.92 Å². The Morgan fingerprint density at radius 1 is 1.18 bits per heavy atom. The number of anilines is 2. The van der Waals surface area contributed by atoms with Crippen molar-refractivity contribution in [1.82, 2.24) is 15.1 Å². The molecule has 2 aliphatic heterocycles. The number of halogens is 4. The molecule has 2 aromatic carbocycles. The van der Waals surface area contributed by atoms with Gasteiger partial charge in [0.1, 0.15) is 18.4 Å². The first-order valence-electron chi connectivity index (χ1n) is 12.3. The molecule has 2 heterocycles. The topological polar surface area (TPSA) is 99.0 Å². The van der Waals surface area contributed by atoms with Crippen LogP contribution in [0.15, 0.2) is 42.5 Å². The van der Waals surface area contributed by atoms with Crippen LogP contribution in [-0.4, -0.2) is 60.0 Å². The second-order valence-electron chi connectivity index (χ2n) is 10.1. The number of alkyl halides is 3. The van der Waals surface area contributed by atoms with Gasteiger partial charge in [-0.25, -0.2) is 9.18 Å². The van der Waals surface area contributed by atoms with Crippen molar-refractivity contribution in [3.05, 3.63) is 59.4 Å². The zero-order chi connectivity index (χ0) is 27.4. The Labute approximate surface area is 216 Å². The number of hydrogen-bond acceptors (Lipinski definition) is 5. The largest absolute Gasteiger partial charge is 0.409 e. The van der Waals surface area contributed by atoms with Crippen LogP contribution >= 0.6 is 0 Å². The number of nitrogens with zero attached hydrogens (tertiary/aromatic N) is 3. The van der Waals surface area contributed by atoms with E-state index in [0.717, 1.165) is 12.1 Å². The summed E-state index contributed by atoms with van der Waals surface area (Å²) in [5.74, 6) is -3.06. The fourth-order valence-electron chi connectivity index (χ4n) is 5.40. The Bertz CT molecular complexity index is 1280. The summed E-state index contributed by atoms with van der Waals surface area (Å²) in [7, 11) is 1.82. The Balaban J connectivity index is 1.44. The van der Waals surface area contributed by atoms with Crippen molar-refractivity contribution >= 4 is 29.2 Å². The van der Waals surface area contributed by atoms with Crippen molar-refractivity contribution in [3.63, 3.8) is 0 Å². The molecule has 1 spiro atoms. The summed E-state index contributed by atoms with van der Waals surface area (Å²) in [6, 6.07) is 6.79. The van der Waals surface area contributed by atoms with E-state index in [1.807, 2.05) is 11.9 Å². The molecular weight excluding hydrogens is 506 g/mol. The molecular formula is C26H27F4N5O3. The van der Waals surface area contributed by atoms with Gasteiger partial charge < -0.3 is 20.9 Å². The van der Waals surface area contributed by atoms with Gasteiger partial charge in [0, 0.05) is 43.5 Å². The molecule has 2 aromatic rings. The van der Waals surface area contributed by atoms with Gasteiger partial charge in [0.15, 0.2) is 5.54 Å². The number of nitrogens with two attached hydrogens (primary N) is 1. The summed E-state index contributed by atoms with van der Waals surface area (Å²) in [6.45, 7) is -0.896. The number of hydrogen-bond donors (Lipinski definition) is 2. The van der Waals surface area contributed by atoms with Gasteiger partial charge in [-0.1, -0.05) is 18.2 Å². The average molecular weight is 534 g/mol. The van der Waals surface area contributed by atoms with Crippen LogP contribution in [0.4, 0.5) is 33.7 Å². The first-order chi connectivity index (χ1) is 17.9. The van der Waals surface area contributed by atoms with Gasteiger partial charge in [0.05, 0.1) is 0 Å². The van der Waals surface area contributed by atoms with Crippen LogP contribution in [0, 0.1) is 11.7 Å². The van der Waals surface area contributed by atoms with E-state index >= 15 is 0 Å². The molecule has 2 fully saturated rings. The number of carbonyl (C=O) groups excluding carboxylic acids is 3. The second kappa shape index (κ2) is 9.17. The molecule has 202 valence electrons. The minimum atomic E-state index is -4.72. The van der Waals surface area contributed by atoms with Gasteiger partial charge in [-0.2, -0.15) is 13.2 Å². The van der Waals surface area contributed by atoms with E-state index in [1.165, 1.54) is 12.1 Å². The zero-order valence-electron chi connectivity index (χ0n) is 20.6. The van der Waals surface area contributed by atoms with Crippen LogP contribution in [0.2, 0.25) is 0 Å². The first-order valence-corrected chi connectivity index (χ1v) is 12.3. The van der Waals surface area contributed by atoms with E-state index in [9.17, 15) is 31.9 Å². The molecule has 3 N–H and O–H groups in total. The summed E-state index contributed by atoms with van der Waals surface area (Å²) >= 11 is 0. The highest BCUT2D eigenvalue weighted by Crippen LogP contribution is 2.45. The fourth-order valence-corrected chi connectivity index (χ4v) is 5.40. The number of fused-ring (bicyclic) bond motifs is 2. The Kier molecular flexibility index (Phi) is 6.23. The molecule has 1 aliphatic carbocycles. The molecule has 0 bridgehead atoms. The molecule has 8 nitrogen and oxygen atoms in total. The Morgan fingerprint density at radius 2 is 1.87 bits per heavy atom. The van der Waals surface area contributed by atoms with E-state index in [-0.39, 0.29) is 6.42 Å². The lowest BCUT2D eigenvalue weighted by Gasteiger charge is -2.38.